The summed E-state index contributed by atoms with van der Waals surface area (Å²) in [6, 6.07) is 0. The van der Waals surface area contributed by atoms with E-state index in [1.54, 1.807) is 0 Å². The minimum Gasteiger partial charge on any atom is -0.743 e. The van der Waals surface area contributed by atoms with Gasteiger partial charge in [0, 0.05) is 0 Å². The SMILES string of the molecule is O=S(=O)([O-])C(F)(F)C(F)(F)C(F)(F)C(F)(F)C(F)(F)C(F)(F)C(F)(F)C(F)(F)C(F)(F)C(F)(F)C(F)(F)OC(F)(F)C(F)(C(F)(F)F)C(F)(F)F. The number of hydrogen-bond donors (Lipinski definition) is 0. The molecule has 0 spiro atoms. The molecule has 0 heterocycles. The fourth-order valence-corrected chi connectivity index (χ4v) is 3.13. The topological polar surface area (TPSA) is 66.4 Å². The molecule has 0 atom stereocenters. The van der Waals surface area contributed by atoms with Crippen molar-refractivity contribution in [2.45, 2.75) is 88.8 Å². The zero-order chi connectivity index (χ0) is 42.7. The first-order chi connectivity index (χ1) is 21.2. The maximum Gasteiger partial charge on any atom is 0.440 e. The van der Waals surface area contributed by atoms with Crippen LogP contribution in [-0.2, 0) is 14.9 Å². The highest BCUT2D eigenvalue weighted by Crippen LogP contribution is 2.68. The monoisotopic (exact) mass is 865 g/mol. The summed E-state index contributed by atoms with van der Waals surface area (Å²) >= 11 is 0. The summed E-state index contributed by atoms with van der Waals surface area (Å²) in [6.07, 6.45) is -35.2. The van der Waals surface area contributed by atoms with Gasteiger partial charge in [0.05, 0.1) is 0 Å². The van der Waals surface area contributed by atoms with Gasteiger partial charge in [-0.25, -0.2) is 17.5 Å². The van der Waals surface area contributed by atoms with Crippen LogP contribution in [0.1, 0.15) is 0 Å². The van der Waals surface area contributed by atoms with Crippen molar-refractivity contribution >= 4 is 10.1 Å². The Morgan fingerprint density at radius 3 is 0.706 bits per heavy atom. The molecule has 0 aromatic carbocycles. The third kappa shape index (κ3) is 5.92. The van der Waals surface area contributed by atoms with Crippen molar-refractivity contribution in [3.05, 3.63) is 0 Å². The molecule has 308 valence electrons. The zero-order valence-electron chi connectivity index (χ0n) is 21.3. The summed E-state index contributed by atoms with van der Waals surface area (Å²) in [7, 11) is -8.64. The largest absolute Gasteiger partial charge is 0.743 e. The lowest BCUT2D eigenvalue weighted by Gasteiger charge is -2.45. The average molecular weight is 865 g/mol. The first-order valence-electron chi connectivity index (χ1n) is 10.2. The molecule has 0 aromatic rings. The molecule has 0 aliphatic rings. The highest BCUT2D eigenvalue weighted by Gasteiger charge is 2.99. The first kappa shape index (κ1) is 48.7. The lowest BCUT2D eigenvalue weighted by atomic mass is 9.86. The Balaban J connectivity index is 7.59. The molecule has 36 heteroatoms. The van der Waals surface area contributed by atoms with Crippen molar-refractivity contribution < 1.29 is 154 Å². The van der Waals surface area contributed by atoms with Crippen molar-refractivity contribution in [2.24, 2.45) is 0 Å². The van der Waals surface area contributed by atoms with Crippen molar-refractivity contribution in [3.8, 4) is 0 Å². The summed E-state index contributed by atoms with van der Waals surface area (Å²) in [5.41, 5.74) is -8.87. The van der Waals surface area contributed by atoms with Crippen LogP contribution in [0.2, 0.25) is 0 Å². The maximum absolute atomic E-state index is 13.7. The second-order valence-electron chi connectivity index (χ2n) is 8.93. The van der Waals surface area contributed by atoms with Gasteiger partial charge < -0.3 is 4.55 Å². The Kier molecular flexibility index (Phi) is 11.1. The second kappa shape index (κ2) is 11.6. The summed E-state index contributed by atoms with van der Waals surface area (Å²) in [6.45, 7) is 0. The second-order valence-corrected chi connectivity index (χ2v) is 10.4. The predicted molar refractivity (Wildman–Crippen MR) is 86.1 cm³/mol. The Morgan fingerprint density at radius 2 is 0.510 bits per heavy atom. The van der Waals surface area contributed by atoms with Gasteiger partial charge in [-0.15, -0.1) is 0 Å². The molecule has 0 rings (SSSR count). The van der Waals surface area contributed by atoms with E-state index >= 15 is 0 Å². The third-order valence-electron chi connectivity index (χ3n) is 5.64. The zero-order valence-corrected chi connectivity index (χ0v) is 22.1. The Bertz CT molecular complexity index is 1390. The van der Waals surface area contributed by atoms with Crippen LogP contribution >= 0.6 is 0 Å². The van der Waals surface area contributed by atoms with Gasteiger partial charge in [-0.2, -0.15) is 132 Å². The average Bonchev–Trinajstić information content (AvgIpc) is 2.84. The molecule has 0 fully saturated rings. The first-order valence-corrected chi connectivity index (χ1v) is 11.6. The van der Waals surface area contributed by atoms with E-state index in [4.69, 9.17) is 0 Å². The number of rotatable bonds is 14. The van der Waals surface area contributed by atoms with Crippen LogP contribution in [0, 0.1) is 0 Å². The highest BCUT2D eigenvalue weighted by atomic mass is 32.2. The standard InChI is InChI=1S/C15HF31O4S/c16-1(11(35,36)37,12(38,39)40)13(41,42)50-14(43,44)9(31,32)7(27,28)5(23,24)3(19,20)2(17,18)4(21,22)6(25,26)8(29,30)10(33,34)15(45,46)51(47,48)49/h(H,47,48,49)/p-1. The van der Waals surface area contributed by atoms with Crippen molar-refractivity contribution in [3.63, 3.8) is 0 Å². The van der Waals surface area contributed by atoms with E-state index < -0.39 is 98.9 Å². The molecule has 0 saturated carbocycles. The third-order valence-corrected chi connectivity index (χ3v) is 6.52. The Labute approximate surface area is 254 Å². The quantitative estimate of drug-likeness (QED) is 0.129. The van der Waals surface area contributed by atoms with Crippen molar-refractivity contribution in [1.29, 1.82) is 0 Å². The van der Waals surface area contributed by atoms with Crippen LogP contribution in [0.3, 0.4) is 0 Å². The van der Waals surface area contributed by atoms with E-state index in [1.165, 1.54) is 0 Å². The van der Waals surface area contributed by atoms with Gasteiger partial charge >= 0.3 is 88.8 Å². The van der Waals surface area contributed by atoms with Gasteiger partial charge in [-0.3, -0.25) is 0 Å². The van der Waals surface area contributed by atoms with Crippen LogP contribution in [0.4, 0.5) is 136 Å². The Hall–Kier alpha value is -2.30. The van der Waals surface area contributed by atoms with Crippen LogP contribution in [-0.4, -0.2) is 102 Å². The normalized spacial score (nSPS) is 17.3. The van der Waals surface area contributed by atoms with Gasteiger partial charge in [0.1, 0.15) is 0 Å². The number of alkyl halides is 31. The van der Waals surface area contributed by atoms with E-state index in [1.807, 2.05) is 0 Å². The molecule has 0 N–H and O–H groups in total. The van der Waals surface area contributed by atoms with Crippen LogP contribution in [0.25, 0.3) is 0 Å². The van der Waals surface area contributed by atoms with E-state index in [9.17, 15) is 149 Å². The van der Waals surface area contributed by atoms with Crippen molar-refractivity contribution in [1.82, 2.24) is 0 Å². The molecule has 0 radical (unpaired) electrons. The fourth-order valence-electron chi connectivity index (χ4n) is 2.69. The molecule has 0 aliphatic carbocycles. The highest BCUT2D eigenvalue weighted by molar-refractivity contribution is 7.86. The van der Waals surface area contributed by atoms with Gasteiger partial charge in [0.2, 0.25) is 0 Å². The molecular weight excluding hydrogens is 865 g/mol. The minimum absolute atomic E-state index is 0.577. The van der Waals surface area contributed by atoms with E-state index in [0.717, 1.165) is 0 Å². The van der Waals surface area contributed by atoms with E-state index in [2.05, 4.69) is 0 Å². The van der Waals surface area contributed by atoms with Crippen LogP contribution in [0.15, 0.2) is 0 Å². The molecule has 0 bridgehead atoms. The fraction of sp³-hybridized carbons (Fsp3) is 1.00. The van der Waals surface area contributed by atoms with E-state index in [-0.39, 0.29) is 0 Å². The predicted octanol–water partition coefficient (Wildman–Crippen LogP) is 8.88. The van der Waals surface area contributed by atoms with Gasteiger partial charge in [-0.05, 0) is 0 Å². The molecule has 51 heavy (non-hydrogen) atoms. The molecule has 0 aromatic heterocycles. The van der Waals surface area contributed by atoms with Gasteiger partial charge in [0.25, 0.3) is 0 Å². The molecular formula is C15F31O4S-. The maximum atomic E-state index is 13.7. The summed E-state index contributed by atoms with van der Waals surface area (Å²) in [4.78, 5) is 0. The minimum atomic E-state index is -10.1. The van der Waals surface area contributed by atoms with E-state index in [0.29, 0.717) is 4.74 Å². The molecule has 0 aliphatic heterocycles. The summed E-state index contributed by atoms with van der Waals surface area (Å²) < 4.78 is 442. The lowest BCUT2D eigenvalue weighted by Crippen LogP contribution is -2.78. The number of halogens is 31. The van der Waals surface area contributed by atoms with Gasteiger partial charge in [0.15, 0.2) is 10.1 Å². The molecule has 0 unspecified atom stereocenters. The van der Waals surface area contributed by atoms with Gasteiger partial charge in [-0.1, -0.05) is 0 Å². The Morgan fingerprint density at radius 1 is 0.314 bits per heavy atom. The molecule has 4 nitrogen and oxygen atoms in total. The lowest BCUT2D eigenvalue weighted by molar-refractivity contribution is -0.529. The number of hydrogen-bond acceptors (Lipinski definition) is 4. The summed E-state index contributed by atoms with van der Waals surface area (Å²) in [5.74, 6) is -88.4. The van der Waals surface area contributed by atoms with Crippen LogP contribution in [0.5, 0.6) is 0 Å². The summed E-state index contributed by atoms with van der Waals surface area (Å²) in [5, 5.41) is -8.48. The smallest absolute Gasteiger partial charge is 0.440 e. The number of ether oxygens (including phenoxy) is 1. The van der Waals surface area contributed by atoms with Crippen molar-refractivity contribution in [2.75, 3.05) is 0 Å². The molecule has 0 amide bonds. The molecule has 0 saturated heterocycles. The van der Waals surface area contributed by atoms with Crippen LogP contribution < -0.4 is 0 Å².